The molecule has 0 bridgehead atoms. The number of carbonyl (C=O) groups excluding carboxylic acids is 2. The number of nitrogens with zero attached hydrogens (tertiary/aromatic N) is 1. The topological polar surface area (TPSA) is 78.9 Å². The molecular formula is C17H21ClN2O4. The van der Waals surface area contributed by atoms with Crippen molar-refractivity contribution in [3.05, 3.63) is 34.9 Å². The molecule has 0 radical (unpaired) electrons. The number of nitrogens with one attached hydrogen (secondary N) is 1. The van der Waals surface area contributed by atoms with Gasteiger partial charge in [-0.3, -0.25) is 9.69 Å². The van der Waals surface area contributed by atoms with E-state index in [1.807, 2.05) is 12.1 Å². The minimum atomic E-state index is -0.913. The summed E-state index contributed by atoms with van der Waals surface area (Å²) in [6, 6.07) is 6.81. The molecule has 1 aromatic rings. The summed E-state index contributed by atoms with van der Waals surface area (Å²) < 4.78 is 5.46. The SMILES string of the molecule is O=C1NC2(CCCC2)C(=O)N1CC(O)COCc1ccc(Cl)cc1. The van der Waals surface area contributed by atoms with Crippen LogP contribution in [0.5, 0.6) is 0 Å². The zero-order valence-electron chi connectivity index (χ0n) is 13.3. The lowest BCUT2D eigenvalue weighted by atomic mass is 9.98. The first kappa shape index (κ1) is 17.2. The van der Waals surface area contributed by atoms with Gasteiger partial charge in [0.25, 0.3) is 5.91 Å². The zero-order chi connectivity index (χ0) is 17.2. The lowest BCUT2D eigenvalue weighted by Gasteiger charge is -2.21. The zero-order valence-corrected chi connectivity index (χ0v) is 14.1. The Bertz CT molecular complexity index is 614. The van der Waals surface area contributed by atoms with Gasteiger partial charge in [-0.15, -0.1) is 0 Å². The summed E-state index contributed by atoms with van der Waals surface area (Å²) >= 11 is 5.81. The van der Waals surface area contributed by atoms with Gasteiger partial charge in [-0.05, 0) is 30.5 Å². The van der Waals surface area contributed by atoms with Crippen molar-refractivity contribution in [2.24, 2.45) is 0 Å². The molecule has 1 saturated heterocycles. The van der Waals surface area contributed by atoms with E-state index in [0.717, 1.165) is 23.3 Å². The first-order chi connectivity index (χ1) is 11.5. The molecule has 1 heterocycles. The summed E-state index contributed by atoms with van der Waals surface area (Å²) in [4.78, 5) is 25.6. The molecule has 2 fully saturated rings. The van der Waals surface area contributed by atoms with Crippen molar-refractivity contribution in [2.75, 3.05) is 13.2 Å². The van der Waals surface area contributed by atoms with Gasteiger partial charge in [0.2, 0.25) is 0 Å². The number of imide groups is 1. The molecule has 3 amide bonds. The van der Waals surface area contributed by atoms with Crippen molar-refractivity contribution >= 4 is 23.5 Å². The number of aliphatic hydroxyl groups excluding tert-OH is 1. The molecular weight excluding hydrogens is 332 g/mol. The van der Waals surface area contributed by atoms with Crippen LogP contribution in [0.15, 0.2) is 24.3 Å². The molecule has 7 heteroatoms. The van der Waals surface area contributed by atoms with E-state index in [9.17, 15) is 14.7 Å². The Morgan fingerprint density at radius 1 is 1.25 bits per heavy atom. The lowest BCUT2D eigenvalue weighted by molar-refractivity contribution is -0.132. The number of carbonyl (C=O) groups is 2. The normalized spacial score (nSPS) is 20.7. The maximum absolute atomic E-state index is 12.5. The Morgan fingerprint density at radius 3 is 2.58 bits per heavy atom. The highest BCUT2D eigenvalue weighted by Gasteiger charge is 2.52. The van der Waals surface area contributed by atoms with Gasteiger partial charge < -0.3 is 15.2 Å². The van der Waals surface area contributed by atoms with Gasteiger partial charge in [-0.1, -0.05) is 36.6 Å². The number of hydrogen-bond donors (Lipinski definition) is 2. The van der Waals surface area contributed by atoms with Crippen molar-refractivity contribution < 1.29 is 19.4 Å². The molecule has 6 nitrogen and oxygen atoms in total. The van der Waals surface area contributed by atoms with Crippen molar-refractivity contribution in [1.82, 2.24) is 10.2 Å². The second-order valence-electron chi connectivity index (χ2n) is 6.43. The minimum Gasteiger partial charge on any atom is -0.389 e. The van der Waals surface area contributed by atoms with Gasteiger partial charge in [-0.25, -0.2) is 4.79 Å². The summed E-state index contributed by atoms with van der Waals surface area (Å²) in [5.74, 6) is -0.221. The predicted molar refractivity (Wildman–Crippen MR) is 88.6 cm³/mol. The van der Waals surface area contributed by atoms with Gasteiger partial charge in [0.05, 0.1) is 25.9 Å². The van der Waals surface area contributed by atoms with Gasteiger partial charge >= 0.3 is 6.03 Å². The molecule has 1 saturated carbocycles. The highest BCUT2D eigenvalue weighted by atomic mass is 35.5. The summed E-state index contributed by atoms with van der Waals surface area (Å²) in [5, 5.41) is 13.5. The summed E-state index contributed by atoms with van der Waals surface area (Å²) in [7, 11) is 0. The van der Waals surface area contributed by atoms with Crippen LogP contribution in [0.1, 0.15) is 31.2 Å². The van der Waals surface area contributed by atoms with Crippen LogP contribution < -0.4 is 5.32 Å². The average Bonchev–Trinajstić information content (AvgIpc) is 3.11. The standard InChI is InChI=1S/C17H21ClN2O4/c18-13-5-3-12(4-6-13)10-24-11-14(21)9-20-15(22)17(19-16(20)23)7-1-2-8-17/h3-6,14,21H,1-2,7-11H2,(H,19,23). The molecule has 2 aliphatic rings. The molecule has 1 aliphatic heterocycles. The molecule has 3 rings (SSSR count). The van der Waals surface area contributed by atoms with Crippen LogP contribution in [0.2, 0.25) is 5.02 Å². The molecule has 24 heavy (non-hydrogen) atoms. The lowest BCUT2D eigenvalue weighted by Crippen LogP contribution is -2.45. The van der Waals surface area contributed by atoms with Gasteiger partial charge in [0, 0.05) is 5.02 Å². The van der Waals surface area contributed by atoms with E-state index in [4.69, 9.17) is 16.3 Å². The second-order valence-corrected chi connectivity index (χ2v) is 6.87. The van der Waals surface area contributed by atoms with Crippen LogP contribution in [-0.2, 0) is 16.1 Å². The number of aliphatic hydroxyl groups is 1. The minimum absolute atomic E-state index is 0.0483. The van der Waals surface area contributed by atoms with Crippen LogP contribution in [0.3, 0.4) is 0 Å². The number of urea groups is 1. The number of rotatable bonds is 6. The molecule has 1 aliphatic carbocycles. The number of amides is 3. The van der Waals surface area contributed by atoms with Crippen LogP contribution in [0, 0.1) is 0 Å². The fraction of sp³-hybridized carbons (Fsp3) is 0.529. The third-order valence-corrected chi connectivity index (χ3v) is 4.84. The molecule has 2 N–H and O–H groups in total. The predicted octanol–water partition coefficient (Wildman–Crippen LogP) is 2.08. The van der Waals surface area contributed by atoms with Crippen LogP contribution in [0.25, 0.3) is 0 Å². The van der Waals surface area contributed by atoms with Crippen LogP contribution in [-0.4, -0.2) is 46.7 Å². The third kappa shape index (κ3) is 3.55. The van der Waals surface area contributed by atoms with E-state index in [1.165, 1.54) is 0 Å². The summed E-state index contributed by atoms with van der Waals surface area (Å²) in [6.07, 6.45) is 2.32. The fourth-order valence-electron chi connectivity index (χ4n) is 3.32. The van der Waals surface area contributed by atoms with E-state index < -0.39 is 17.7 Å². The highest BCUT2D eigenvalue weighted by Crippen LogP contribution is 2.35. The van der Waals surface area contributed by atoms with Crippen molar-refractivity contribution in [3.8, 4) is 0 Å². The molecule has 1 aromatic carbocycles. The largest absolute Gasteiger partial charge is 0.389 e. The van der Waals surface area contributed by atoms with Crippen molar-refractivity contribution in [2.45, 2.75) is 43.9 Å². The number of ether oxygens (including phenoxy) is 1. The van der Waals surface area contributed by atoms with E-state index >= 15 is 0 Å². The number of halogens is 1. The van der Waals surface area contributed by atoms with Crippen molar-refractivity contribution in [3.63, 3.8) is 0 Å². The van der Waals surface area contributed by atoms with Gasteiger partial charge in [-0.2, -0.15) is 0 Å². The maximum atomic E-state index is 12.5. The number of hydrogen-bond acceptors (Lipinski definition) is 4. The Balaban J connectivity index is 1.48. The van der Waals surface area contributed by atoms with E-state index in [0.29, 0.717) is 24.5 Å². The molecule has 130 valence electrons. The quantitative estimate of drug-likeness (QED) is 0.768. The Hall–Kier alpha value is -1.63. The van der Waals surface area contributed by atoms with Crippen LogP contribution >= 0.6 is 11.6 Å². The van der Waals surface area contributed by atoms with Crippen LogP contribution in [0.4, 0.5) is 4.79 Å². The number of β-amino-alcohol motifs (C(OH)–C–C–N with tert-alkyl or cyclic N) is 1. The summed E-state index contributed by atoms with van der Waals surface area (Å²) in [6.45, 7) is 0.331. The van der Waals surface area contributed by atoms with E-state index in [2.05, 4.69) is 5.32 Å². The fourth-order valence-corrected chi connectivity index (χ4v) is 3.44. The first-order valence-corrected chi connectivity index (χ1v) is 8.52. The summed E-state index contributed by atoms with van der Waals surface area (Å²) in [5.41, 5.74) is 0.201. The Kier molecular flexibility index (Phi) is 5.08. The maximum Gasteiger partial charge on any atom is 0.325 e. The molecule has 1 unspecified atom stereocenters. The van der Waals surface area contributed by atoms with Gasteiger partial charge in [0.15, 0.2) is 0 Å². The molecule has 1 atom stereocenters. The van der Waals surface area contributed by atoms with Gasteiger partial charge in [0.1, 0.15) is 5.54 Å². The monoisotopic (exact) mass is 352 g/mol. The van der Waals surface area contributed by atoms with E-state index in [-0.39, 0.29) is 19.1 Å². The second kappa shape index (κ2) is 7.09. The Morgan fingerprint density at radius 2 is 1.92 bits per heavy atom. The molecule has 0 aromatic heterocycles. The molecule has 1 spiro atoms. The average molecular weight is 353 g/mol. The number of benzene rings is 1. The smallest absolute Gasteiger partial charge is 0.325 e. The highest BCUT2D eigenvalue weighted by molar-refractivity contribution is 6.30. The first-order valence-electron chi connectivity index (χ1n) is 8.14. The Labute approximate surface area is 145 Å². The third-order valence-electron chi connectivity index (χ3n) is 4.59. The van der Waals surface area contributed by atoms with Crippen molar-refractivity contribution in [1.29, 1.82) is 0 Å². The van der Waals surface area contributed by atoms with E-state index in [1.54, 1.807) is 12.1 Å².